The lowest BCUT2D eigenvalue weighted by atomic mass is 10.3. The van der Waals surface area contributed by atoms with E-state index >= 15 is 0 Å². The van der Waals surface area contributed by atoms with Crippen LogP contribution >= 0.6 is 11.3 Å². The minimum Gasteiger partial charge on any atom is -0.391 e. The number of nitrogen functional groups attached to an aromatic ring is 1. The highest BCUT2D eigenvalue weighted by Gasteiger charge is 2.08. The number of hydrogen-bond donors (Lipinski definition) is 2. The molecule has 0 fully saturated rings. The topological polar surface area (TPSA) is 55.1 Å². The van der Waals surface area contributed by atoms with E-state index in [2.05, 4.69) is 5.32 Å². The molecule has 0 aliphatic rings. The summed E-state index contributed by atoms with van der Waals surface area (Å²) in [6.07, 6.45) is 0. The summed E-state index contributed by atoms with van der Waals surface area (Å²) in [6.45, 7) is 0. The van der Waals surface area contributed by atoms with Crippen molar-refractivity contribution in [2.24, 2.45) is 0 Å². The van der Waals surface area contributed by atoms with Crippen molar-refractivity contribution < 1.29 is 9.18 Å². The smallest absolute Gasteiger partial charge is 0.265 e. The number of rotatable bonds is 2. The zero-order valence-electron chi connectivity index (χ0n) is 8.24. The van der Waals surface area contributed by atoms with Gasteiger partial charge < -0.3 is 11.1 Å². The van der Waals surface area contributed by atoms with E-state index in [-0.39, 0.29) is 11.7 Å². The van der Waals surface area contributed by atoms with Crippen molar-refractivity contribution in [3.05, 3.63) is 47.1 Å². The maximum Gasteiger partial charge on any atom is 0.265 e. The average molecular weight is 236 g/mol. The number of amides is 1. The van der Waals surface area contributed by atoms with Crippen LogP contribution in [0, 0.1) is 5.82 Å². The van der Waals surface area contributed by atoms with Gasteiger partial charge in [-0.05, 0) is 36.4 Å². The Hall–Kier alpha value is -1.88. The Morgan fingerprint density at radius 2 is 1.88 bits per heavy atom. The molecule has 1 amide bonds. The number of halogens is 1. The minimum absolute atomic E-state index is 0.242. The Labute approximate surface area is 95.7 Å². The first-order valence-corrected chi connectivity index (χ1v) is 5.39. The molecule has 1 aromatic heterocycles. The van der Waals surface area contributed by atoms with Crippen molar-refractivity contribution in [1.82, 2.24) is 0 Å². The summed E-state index contributed by atoms with van der Waals surface area (Å²) in [4.78, 5) is 12.2. The van der Waals surface area contributed by atoms with Crippen LogP contribution in [0.5, 0.6) is 0 Å². The molecule has 0 saturated heterocycles. The van der Waals surface area contributed by atoms with Crippen LogP contribution in [0.25, 0.3) is 0 Å². The molecule has 3 N–H and O–H groups in total. The number of anilines is 2. The van der Waals surface area contributed by atoms with Gasteiger partial charge in [0.15, 0.2) is 0 Å². The molecule has 0 bridgehead atoms. The number of benzene rings is 1. The van der Waals surface area contributed by atoms with Gasteiger partial charge in [0, 0.05) is 5.69 Å². The van der Waals surface area contributed by atoms with Crippen molar-refractivity contribution in [1.29, 1.82) is 0 Å². The van der Waals surface area contributed by atoms with Crippen LogP contribution < -0.4 is 11.1 Å². The van der Waals surface area contributed by atoms with Crippen LogP contribution in [-0.2, 0) is 0 Å². The van der Waals surface area contributed by atoms with E-state index in [0.29, 0.717) is 15.6 Å². The largest absolute Gasteiger partial charge is 0.391 e. The number of carbonyl (C=O) groups excluding carboxylic acids is 1. The lowest BCUT2D eigenvalue weighted by Crippen LogP contribution is -2.09. The molecule has 3 nitrogen and oxygen atoms in total. The number of thiophene rings is 1. The Bertz CT molecular complexity index is 507. The molecule has 82 valence electrons. The number of nitrogens with one attached hydrogen (secondary N) is 1. The Kier molecular flexibility index (Phi) is 2.87. The zero-order chi connectivity index (χ0) is 11.5. The van der Waals surface area contributed by atoms with Gasteiger partial charge in [0.1, 0.15) is 5.82 Å². The minimum atomic E-state index is -0.335. The van der Waals surface area contributed by atoms with Crippen LogP contribution in [0.15, 0.2) is 36.4 Å². The van der Waals surface area contributed by atoms with E-state index in [1.54, 1.807) is 12.1 Å². The molecule has 2 aromatic rings. The highest BCUT2D eigenvalue weighted by molar-refractivity contribution is 7.17. The van der Waals surface area contributed by atoms with Gasteiger partial charge in [-0.1, -0.05) is 0 Å². The SMILES string of the molecule is Nc1ccc(C(=O)Nc2ccc(F)cc2)s1. The predicted molar refractivity (Wildman–Crippen MR) is 63.1 cm³/mol. The first-order chi connectivity index (χ1) is 7.65. The highest BCUT2D eigenvalue weighted by atomic mass is 32.1. The lowest BCUT2D eigenvalue weighted by Gasteiger charge is -2.02. The Morgan fingerprint density at radius 1 is 1.19 bits per heavy atom. The molecule has 0 spiro atoms. The summed E-state index contributed by atoms with van der Waals surface area (Å²) in [7, 11) is 0. The summed E-state index contributed by atoms with van der Waals surface area (Å²) >= 11 is 1.21. The second-order valence-electron chi connectivity index (χ2n) is 3.16. The molecule has 0 aliphatic carbocycles. The average Bonchev–Trinajstić information content (AvgIpc) is 2.68. The highest BCUT2D eigenvalue weighted by Crippen LogP contribution is 2.19. The van der Waals surface area contributed by atoms with E-state index in [0.717, 1.165) is 0 Å². The number of carbonyl (C=O) groups is 1. The standard InChI is InChI=1S/C11H9FN2OS/c12-7-1-3-8(4-2-7)14-11(15)9-5-6-10(13)16-9/h1-6H,13H2,(H,14,15). The summed E-state index contributed by atoms with van der Waals surface area (Å²) < 4.78 is 12.6. The van der Waals surface area contributed by atoms with Crippen LogP contribution in [0.1, 0.15) is 9.67 Å². The number of nitrogens with two attached hydrogens (primary N) is 1. The van der Waals surface area contributed by atoms with Crippen molar-refractivity contribution in [3.8, 4) is 0 Å². The molecule has 0 aliphatic heterocycles. The number of hydrogen-bond acceptors (Lipinski definition) is 3. The van der Waals surface area contributed by atoms with E-state index in [4.69, 9.17) is 5.73 Å². The predicted octanol–water partition coefficient (Wildman–Crippen LogP) is 2.72. The van der Waals surface area contributed by atoms with Gasteiger partial charge >= 0.3 is 0 Å². The molecular weight excluding hydrogens is 227 g/mol. The lowest BCUT2D eigenvalue weighted by molar-refractivity contribution is 0.103. The summed E-state index contributed by atoms with van der Waals surface area (Å²) in [5, 5.41) is 3.24. The van der Waals surface area contributed by atoms with E-state index < -0.39 is 0 Å². The molecule has 0 saturated carbocycles. The maximum absolute atomic E-state index is 12.6. The second-order valence-corrected chi connectivity index (χ2v) is 4.28. The fourth-order valence-corrected chi connectivity index (χ4v) is 1.87. The molecule has 16 heavy (non-hydrogen) atoms. The van der Waals surface area contributed by atoms with Gasteiger partial charge in [-0.2, -0.15) is 0 Å². The molecular formula is C11H9FN2OS. The van der Waals surface area contributed by atoms with E-state index in [1.807, 2.05) is 0 Å². The Morgan fingerprint density at radius 3 is 2.44 bits per heavy atom. The van der Waals surface area contributed by atoms with Crippen molar-refractivity contribution in [2.75, 3.05) is 11.1 Å². The van der Waals surface area contributed by atoms with Crippen LogP contribution in [0.3, 0.4) is 0 Å². The first-order valence-electron chi connectivity index (χ1n) is 4.57. The molecule has 0 atom stereocenters. The zero-order valence-corrected chi connectivity index (χ0v) is 9.05. The quantitative estimate of drug-likeness (QED) is 0.842. The fourth-order valence-electron chi connectivity index (χ4n) is 1.20. The molecule has 2 rings (SSSR count). The van der Waals surface area contributed by atoms with E-state index in [9.17, 15) is 9.18 Å². The Balaban J connectivity index is 2.10. The molecule has 0 unspecified atom stereocenters. The van der Waals surface area contributed by atoms with E-state index in [1.165, 1.54) is 35.6 Å². The van der Waals surface area contributed by atoms with Gasteiger partial charge in [0.05, 0.1) is 9.88 Å². The molecule has 1 aromatic carbocycles. The van der Waals surface area contributed by atoms with Gasteiger partial charge in [-0.15, -0.1) is 11.3 Å². The van der Waals surface area contributed by atoms with Crippen molar-refractivity contribution >= 4 is 27.9 Å². The monoisotopic (exact) mass is 236 g/mol. The molecule has 5 heteroatoms. The van der Waals surface area contributed by atoms with Gasteiger partial charge in [0.2, 0.25) is 0 Å². The van der Waals surface area contributed by atoms with Crippen LogP contribution in [-0.4, -0.2) is 5.91 Å². The normalized spacial score (nSPS) is 10.1. The summed E-state index contributed by atoms with van der Waals surface area (Å²) in [5.41, 5.74) is 6.07. The first kappa shape index (κ1) is 10.6. The third kappa shape index (κ3) is 2.38. The summed E-state index contributed by atoms with van der Waals surface area (Å²) in [5.74, 6) is -0.577. The molecule has 0 radical (unpaired) electrons. The van der Waals surface area contributed by atoms with Gasteiger partial charge in [-0.3, -0.25) is 4.79 Å². The maximum atomic E-state index is 12.6. The fraction of sp³-hybridized carbons (Fsp3) is 0. The van der Waals surface area contributed by atoms with Gasteiger partial charge in [-0.25, -0.2) is 4.39 Å². The van der Waals surface area contributed by atoms with Crippen molar-refractivity contribution in [2.45, 2.75) is 0 Å². The third-order valence-corrected chi connectivity index (χ3v) is 2.87. The second kappa shape index (κ2) is 4.32. The van der Waals surface area contributed by atoms with Crippen molar-refractivity contribution in [3.63, 3.8) is 0 Å². The van der Waals surface area contributed by atoms with Crippen LogP contribution in [0.4, 0.5) is 15.1 Å². The summed E-state index contributed by atoms with van der Waals surface area (Å²) in [6, 6.07) is 8.91. The third-order valence-electron chi connectivity index (χ3n) is 1.95. The van der Waals surface area contributed by atoms with Crippen LogP contribution in [0.2, 0.25) is 0 Å². The molecule has 1 heterocycles. The van der Waals surface area contributed by atoms with Gasteiger partial charge in [0.25, 0.3) is 5.91 Å².